The second-order valence-electron chi connectivity index (χ2n) is 3.20. The van der Waals surface area contributed by atoms with E-state index in [1.54, 1.807) is 0 Å². The number of hydrogen-bond donors (Lipinski definition) is 1. The van der Waals surface area contributed by atoms with Crippen molar-refractivity contribution in [3.63, 3.8) is 0 Å². The van der Waals surface area contributed by atoms with Gasteiger partial charge in [-0.25, -0.2) is 8.78 Å². The predicted octanol–water partition coefficient (Wildman–Crippen LogP) is 3.23. The van der Waals surface area contributed by atoms with Gasteiger partial charge < -0.3 is 5.73 Å². The van der Waals surface area contributed by atoms with E-state index in [1.165, 1.54) is 0 Å². The molecular formula is C11H13F2N. The first-order valence-corrected chi connectivity index (χ1v) is 4.43. The van der Waals surface area contributed by atoms with Gasteiger partial charge in [0.1, 0.15) is 11.6 Å². The van der Waals surface area contributed by atoms with Crippen LogP contribution in [0.5, 0.6) is 0 Å². The number of nitrogen functional groups attached to an aromatic ring is 1. The van der Waals surface area contributed by atoms with Gasteiger partial charge in [0.05, 0.1) is 0 Å². The molecule has 0 saturated carbocycles. The van der Waals surface area contributed by atoms with Crippen molar-refractivity contribution in [1.29, 1.82) is 0 Å². The minimum Gasteiger partial charge on any atom is -0.398 e. The quantitative estimate of drug-likeness (QED) is 0.571. The molecule has 0 aromatic heterocycles. The van der Waals surface area contributed by atoms with Crippen molar-refractivity contribution < 1.29 is 8.78 Å². The van der Waals surface area contributed by atoms with Crippen molar-refractivity contribution in [2.24, 2.45) is 0 Å². The zero-order valence-electron chi connectivity index (χ0n) is 8.22. The molecule has 2 N–H and O–H groups in total. The van der Waals surface area contributed by atoms with Crippen molar-refractivity contribution in [2.45, 2.75) is 19.8 Å². The lowest BCUT2D eigenvalue weighted by molar-refractivity contribution is 0.571. The van der Waals surface area contributed by atoms with Crippen LogP contribution in [-0.2, 0) is 0 Å². The molecule has 0 saturated heterocycles. The first-order valence-electron chi connectivity index (χ1n) is 4.43. The highest BCUT2D eigenvalue weighted by atomic mass is 19.1. The lowest BCUT2D eigenvalue weighted by Gasteiger charge is -2.11. The lowest BCUT2D eigenvalue weighted by atomic mass is 9.98. The minimum absolute atomic E-state index is 0.138. The van der Waals surface area contributed by atoms with Gasteiger partial charge >= 0.3 is 0 Å². The Bertz CT molecular complexity index is 335. The van der Waals surface area contributed by atoms with Crippen LogP contribution in [0.4, 0.5) is 14.5 Å². The van der Waals surface area contributed by atoms with Gasteiger partial charge in [-0.3, -0.25) is 0 Å². The van der Waals surface area contributed by atoms with Crippen LogP contribution in [0.15, 0.2) is 24.3 Å². The Labute approximate surface area is 82.2 Å². The van der Waals surface area contributed by atoms with E-state index in [9.17, 15) is 8.78 Å². The molecule has 0 fully saturated rings. The maximum Gasteiger partial charge on any atom is 0.131 e. The first kappa shape index (κ1) is 10.7. The summed E-state index contributed by atoms with van der Waals surface area (Å²) in [5.41, 5.74) is 6.05. The summed E-state index contributed by atoms with van der Waals surface area (Å²) in [6.45, 7) is 3.65. The number of anilines is 1. The van der Waals surface area contributed by atoms with Crippen molar-refractivity contribution in [1.82, 2.24) is 0 Å². The molecule has 0 spiro atoms. The van der Waals surface area contributed by atoms with E-state index >= 15 is 0 Å². The average Bonchev–Trinajstić information content (AvgIpc) is 2.01. The van der Waals surface area contributed by atoms with Crippen LogP contribution in [-0.4, -0.2) is 0 Å². The van der Waals surface area contributed by atoms with Gasteiger partial charge in [0.15, 0.2) is 0 Å². The Morgan fingerprint density at radius 3 is 2.50 bits per heavy atom. The molecule has 3 heteroatoms. The topological polar surface area (TPSA) is 26.0 Å². The van der Waals surface area contributed by atoms with Gasteiger partial charge in [-0.05, 0) is 13.0 Å². The largest absolute Gasteiger partial charge is 0.398 e. The van der Waals surface area contributed by atoms with Crippen LogP contribution >= 0.6 is 0 Å². The number of nitrogens with two attached hydrogens (primary N) is 1. The van der Waals surface area contributed by atoms with Crippen LogP contribution in [0.1, 0.15) is 25.3 Å². The van der Waals surface area contributed by atoms with E-state index in [0.717, 1.165) is 12.1 Å². The summed E-state index contributed by atoms with van der Waals surface area (Å²) in [6.07, 6.45) is 3.62. The summed E-state index contributed by atoms with van der Waals surface area (Å²) in [5, 5.41) is 0. The molecule has 1 nitrogen and oxygen atoms in total. The van der Waals surface area contributed by atoms with E-state index in [0.29, 0.717) is 5.56 Å². The number of halogens is 2. The molecule has 76 valence electrons. The molecule has 0 aliphatic carbocycles. The third-order valence-corrected chi connectivity index (χ3v) is 2.06. The van der Waals surface area contributed by atoms with Crippen LogP contribution < -0.4 is 5.73 Å². The highest BCUT2D eigenvalue weighted by Crippen LogP contribution is 2.27. The zero-order valence-corrected chi connectivity index (χ0v) is 8.22. The molecule has 1 unspecified atom stereocenters. The van der Waals surface area contributed by atoms with E-state index < -0.39 is 11.6 Å². The molecule has 0 radical (unpaired) electrons. The van der Waals surface area contributed by atoms with Gasteiger partial charge in [0, 0.05) is 23.2 Å². The molecule has 0 amide bonds. The maximum atomic E-state index is 13.3. The second kappa shape index (κ2) is 4.22. The SMILES string of the molecule is CC=CC(C)c1c(N)cc(F)cc1F. The van der Waals surface area contributed by atoms with Crippen LogP contribution in [0.3, 0.4) is 0 Å². The van der Waals surface area contributed by atoms with Crippen LogP contribution in [0.2, 0.25) is 0 Å². The van der Waals surface area contributed by atoms with E-state index in [1.807, 2.05) is 26.0 Å². The molecule has 0 heterocycles. The van der Waals surface area contributed by atoms with Gasteiger partial charge in [-0.2, -0.15) is 0 Å². The molecule has 14 heavy (non-hydrogen) atoms. The summed E-state index contributed by atoms with van der Waals surface area (Å²) in [5.74, 6) is -1.37. The number of rotatable bonds is 2. The molecule has 0 bridgehead atoms. The monoisotopic (exact) mass is 197 g/mol. The van der Waals surface area contributed by atoms with Crippen molar-refractivity contribution in [3.8, 4) is 0 Å². The number of allylic oxidation sites excluding steroid dienone is 2. The molecular weight excluding hydrogens is 184 g/mol. The Balaban J connectivity index is 3.20. The Morgan fingerprint density at radius 2 is 2.00 bits per heavy atom. The summed E-state index contributed by atoms with van der Waals surface area (Å²) < 4.78 is 26.1. The number of benzene rings is 1. The first-order chi connectivity index (χ1) is 6.56. The molecule has 0 aliphatic rings. The maximum absolute atomic E-state index is 13.3. The molecule has 1 aromatic carbocycles. The minimum atomic E-state index is -0.642. The van der Waals surface area contributed by atoms with Crippen molar-refractivity contribution in [2.75, 3.05) is 5.73 Å². The fraction of sp³-hybridized carbons (Fsp3) is 0.273. The van der Waals surface area contributed by atoms with Crippen LogP contribution in [0, 0.1) is 11.6 Å². The highest BCUT2D eigenvalue weighted by molar-refractivity contribution is 5.50. The summed E-state index contributed by atoms with van der Waals surface area (Å²) in [4.78, 5) is 0. The van der Waals surface area contributed by atoms with Crippen molar-refractivity contribution in [3.05, 3.63) is 41.5 Å². The van der Waals surface area contributed by atoms with Crippen LogP contribution in [0.25, 0.3) is 0 Å². The average molecular weight is 197 g/mol. The van der Waals surface area contributed by atoms with Gasteiger partial charge in [0.2, 0.25) is 0 Å². The van der Waals surface area contributed by atoms with E-state index in [2.05, 4.69) is 0 Å². The van der Waals surface area contributed by atoms with Crippen molar-refractivity contribution >= 4 is 5.69 Å². The highest BCUT2D eigenvalue weighted by Gasteiger charge is 2.13. The molecule has 1 aromatic rings. The van der Waals surface area contributed by atoms with Gasteiger partial charge in [-0.15, -0.1) is 0 Å². The fourth-order valence-electron chi connectivity index (χ4n) is 1.47. The normalized spacial score (nSPS) is 13.4. The Kier molecular flexibility index (Phi) is 3.23. The zero-order chi connectivity index (χ0) is 10.7. The third kappa shape index (κ3) is 2.10. The Hall–Kier alpha value is -1.38. The second-order valence-corrected chi connectivity index (χ2v) is 3.20. The fourth-order valence-corrected chi connectivity index (χ4v) is 1.47. The Morgan fingerprint density at radius 1 is 1.36 bits per heavy atom. The third-order valence-electron chi connectivity index (χ3n) is 2.06. The predicted molar refractivity (Wildman–Crippen MR) is 54.0 cm³/mol. The standard InChI is InChI=1S/C11H13F2N/c1-3-4-7(2)11-9(13)5-8(12)6-10(11)14/h3-7H,14H2,1-2H3. The van der Waals surface area contributed by atoms with E-state index in [-0.39, 0.29) is 11.6 Å². The van der Waals surface area contributed by atoms with E-state index in [4.69, 9.17) is 5.73 Å². The summed E-state index contributed by atoms with van der Waals surface area (Å²) in [6, 6.07) is 1.99. The molecule has 1 atom stereocenters. The molecule has 0 aliphatic heterocycles. The summed E-state index contributed by atoms with van der Waals surface area (Å²) in [7, 11) is 0. The smallest absolute Gasteiger partial charge is 0.131 e. The lowest BCUT2D eigenvalue weighted by Crippen LogP contribution is -2.02. The summed E-state index contributed by atoms with van der Waals surface area (Å²) >= 11 is 0. The number of hydrogen-bond acceptors (Lipinski definition) is 1. The van der Waals surface area contributed by atoms with Gasteiger partial charge in [0.25, 0.3) is 0 Å². The van der Waals surface area contributed by atoms with Gasteiger partial charge in [-0.1, -0.05) is 19.1 Å². The molecule has 1 rings (SSSR count).